The maximum atomic E-state index is 11.3. The summed E-state index contributed by atoms with van der Waals surface area (Å²) in [5, 5.41) is 83.6. The standard InChI is InChI=1S/C37H44O14/c1-46-29-13-20(5-9-25(29)41)24(17-38)35(43)21-7-11-27(31(15-21)48-3)50-34(19-40)37(45)23-8-12-28(32(16-23)49-4)51-33(18-39)36(44)22-6-10-26(42)30(14-22)47-2/h5-16,24,33-45H,17-19H2,1-4H3/t24-,33+,34+,35-,36-,37-/m1/s1. The molecule has 0 amide bonds. The Kier molecular flexibility index (Phi) is 13.6. The van der Waals surface area contributed by atoms with Crippen molar-refractivity contribution in [3.63, 3.8) is 0 Å². The maximum Gasteiger partial charge on any atom is 0.161 e. The fourth-order valence-electron chi connectivity index (χ4n) is 5.51. The van der Waals surface area contributed by atoms with E-state index in [2.05, 4.69) is 0 Å². The number of ether oxygens (including phenoxy) is 6. The molecule has 0 bridgehead atoms. The zero-order valence-corrected chi connectivity index (χ0v) is 28.5. The molecular formula is C37H44O14. The van der Waals surface area contributed by atoms with Gasteiger partial charge in [0, 0.05) is 5.92 Å². The smallest absolute Gasteiger partial charge is 0.161 e. The van der Waals surface area contributed by atoms with Crippen LogP contribution in [0.1, 0.15) is 46.5 Å². The SMILES string of the molecule is COc1cc([C@@H](O)[C@H](CO)Oc2ccc([C@@H](O)[C@H](CO)Oc3ccc([C@@H](O)[C@H](CO)c4ccc(O)c(OC)c4)cc3OC)cc2OC)ccc1O. The molecule has 0 unspecified atom stereocenters. The highest BCUT2D eigenvalue weighted by Gasteiger charge is 2.29. The predicted octanol–water partition coefficient (Wildman–Crippen LogP) is 2.89. The van der Waals surface area contributed by atoms with Gasteiger partial charge in [0.05, 0.1) is 54.4 Å². The van der Waals surface area contributed by atoms with Crippen molar-refractivity contribution in [2.75, 3.05) is 48.3 Å². The van der Waals surface area contributed by atoms with Crippen LogP contribution in [0.3, 0.4) is 0 Å². The molecular weight excluding hydrogens is 668 g/mol. The molecule has 8 N–H and O–H groups in total. The summed E-state index contributed by atoms with van der Waals surface area (Å²) in [6.07, 6.45) is -6.25. The number of hydrogen-bond acceptors (Lipinski definition) is 14. The first kappa shape index (κ1) is 38.8. The Labute approximate surface area is 294 Å². The summed E-state index contributed by atoms with van der Waals surface area (Å²) >= 11 is 0. The third-order valence-electron chi connectivity index (χ3n) is 8.43. The third-order valence-corrected chi connectivity index (χ3v) is 8.43. The highest BCUT2D eigenvalue weighted by Crippen LogP contribution is 2.40. The summed E-state index contributed by atoms with van der Waals surface area (Å²) in [5.74, 6) is -0.0465. The van der Waals surface area contributed by atoms with Crippen molar-refractivity contribution < 1.29 is 69.3 Å². The molecule has 14 nitrogen and oxygen atoms in total. The van der Waals surface area contributed by atoms with E-state index >= 15 is 0 Å². The van der Waals surface area contributed by atoms with Gasteiger partial charge in [-0.1, -0.05) is 24.3 Å². The molecule has 51 heavy (non-hydrogen) atoms. The molecule has 4 rings (SSSR count). The average molecular weight is 713 g/mol. The predicted molar refractivity (Wildman–Crippen MR) is 183 cm³/mol. The first-order valence-corrected chi connectivity index (χ1v) is 15.8. The third kappa shape index (κ3) is 8.86. The summed E-state index contributed by atoms with van der Waals surface area (Å²) in [4.78, 5) is 0. The Hall–Kier alpha value is -4.96. The van der Waals surface area contributed by atoms with Gasteiger partial charge >= 0.3 is 0 Å². The fourth-order valence-corrected chi connectivity index (χ4v) is 5.51. The van der Waals surface area contributed by atoms with Crippen molar-refractivity contribution in [3.05, 3.63) is 95.1 Å². The van der Waals surface area contributed by atoms with Crippen molar-refractivity contribution in [2.45, 2.75) is 36.4 Å². The first-order chi connectivity index (χ1) is 24.5. The summed E-state index contributed by atoms with van der Waals surface area (Å²) in [6.45, 7) is -1.61. The van der Waals surface area contributed by atoms with Crippen molar-refractivity contribution in [2.24, 2.45) is 0 Å². The Bertz CT molecular complexity index is 1730. The van der Waals surface area contributed by atoms with Gasteiger partial charge in [-0.2, -0.15) is 0 Å². The van der Waals surface area contributed by atoms with Crippen LogP contribution in [0.5, 0.6) is 46.0 Å². The molecule has 14 heteroatoms. The van der Waals surface area contributed by atoms with E-state index in [0.29, 0.717) is 16.7 Å². The van der Waals surface area contributed by atoms with Gasteiger partial charge in [0.2, 0.25) is 0 Å². The number of aliphatic hydroxyl groups excluding tert-OH is 6. The number of aliphatic hydroxyl groups is 6. The average Bonchev–Trinajstić information content (AvgIpc) is 3.16. The van der Waals surface area contributed by atoms with Crippen LogP contribution in [0, 0.1) is 0 Å². The molecule has 276 valence electrons. The van der Waals surface area contributed by atoms with Crippen LogP contribution in [-0.4, -0.2) is 101 Å². The van der Waals surface area contributed by atoms with Crippen LogP contribution in [0.4, 0.5) is 0 Å². The lowest BCUT2D eigenvalue weighted by Crippen LogP contribution is -2.30. The number of hydrogen-bond donors (Lipinski definition) is 8. The lowest BCUT2D eigenvalue weighted by molar-refractivity contribution is -0.00270. The number of rotatable bonds is 18. The minimum Gasteiger partial charge on any atom is -0.504 e. The quantitative estimate of drug-likeness (QED) is 0.0745. The van der Waals surface area contributed by atoms with Crippen molar-refractivity contribution in [1.82, 2.24) is 0 Å². The molecule has 0 aliphatic rings. The summed E-state index contributed by atoms with van der Waals surface area (Å²) < 4.78 is 33.1. The van der Waals surface area contributed by atoms with Gasteiger partial charge in [0.15, 0.2) is 58.2 Å². The van der Waals surface area contributed by atoms with Crippen LogP contribution in [-0.2, 0) is 0 Å². The van der Waals surface area contributed by atoms with Crippen LogP contribution in [0.2, 0.25) is 0 Å². The first-order valence-electron chi connectivity index (χ1n) is 15.8. The van der Waals surface area contributed by atoms with Gasteiger partial charge in [-0.25, -0.2) is 0 Å². The van der Waals surface area contributed by atoms with Gasteiger partial charge in [0.1, 0.15) is 12.2 Å². The second-order valence-electron chi connectivity index (χ2n) is 11.5. The zero-order chi connectivity index (χ0) is 37.2. The van der Waals surface area contributed by atoms with E-state index < -0.39 is 56.3 Å². The van der Waals surface area contributed by atoms with Crippen LogP contribution in [0.25, 0.3) is 0 Å². The van der Waals surface area contributed by atoms with E-state index in [1.54, 1.807) is 12.1 Å². The molecule has 0 saturated heterocycles. The fraction of sp³-hybridized carbons (Fsp3) is 0.351. The molecule has 0 radical (unpaired) electrons. The van der Waals surface area contributed by atoms with E-state index in [1.807, 2.05) is 0 Å². The molecule has 6 atom stereocenters. The number of phenols is 2. The lowest BCUT2D eigenvalue weighted by Gasteiger charge is -2.27. The second-order valence-corrected chi connectivity index (χ2v) is 11.5. The topological polar surface area (TPSA) is 217 Å². The minimum absolute atomic E-state index is 0.0854. The van der Waals surface area contributed by atoms with Crippen LogP contribution in [0.15, 0.2) is 72.8 Å². The minimum atomic E-state index is -1.39. The molecule has 4 aromatic rings. The molecule has 0 aliphatic carbocycles. The van der Waals surface area contributed by atoms with E-state index in [-0.39, 0.29) is 51.6 Å². The molecule has 0 aromatic heterocycles. The highest BCUT2D eigenvalue weighted by molar-refractivity contribution is 5.48. The normalized spacial score (nSPS) is 14.8. The Morgan fingerprint density at radius 3 is 1.18 bits per heavy atom. The number of phenolic OH excluding ortho intramolecular Hbond substituents is 2. The summed E-state index contributed by atoms with van der Waals surface area (Å²) in [6, 6.07) is 17.7. The summed E-state index contributed by atoms with van der Waals surface area (Å²) in [5.41, 5.74) is 1.50. The van der Waals surface area contributed by atoms with Crippen molar-refractivity contribution >= 4 is 0 Å². The Balaban J connectivity index is 1.52. The van der Waals surface area contributed by atoms with Crippen LogP contribution >= 0.6 is 0 Å². The monoisotopic (exact) mass is 712 g/mol. The molecule has 4 aromatic carbocycles. The lowest BCUT2D eigenvalue weighted by atomic mass is 9.89. The number of aromatic hydroxyl groups is 2. The van der Waals surface area contributed by atoms with Crippen molar-refractivity contribution in [3.8, 4) is 46.0 Å². The maximum absolute atomic E-state index is 11.3. The van der Waals surface area contributed by atoms with Crippen molar-refractivity contribution in [1.29, 1.82) is 0 Å². The van der Waals surface area contributed by atoms with Gasteiger partial charge < -0.3 is 69.3 Å². The molecule has 0 fully saturated rings. The largest absolute Gasteiger partial charge is 0.504 e. The van der Waals surface area contributed by atoms with Gasteiger partial charge in [0.25, 0.3) is 0 Å². The van der Waals surface area contributed by atoms with Crippen LogP contribution < -0.4 is 28.4 Å². The van der Waals surface area contributed by atoms with E-state index in [1.165, 1.54) is 89.1 Å². The van der Waals surface area contributed by atoms with Gasteiger partial charge in [-0.3, -0.25) is 0 Å². The Morgan fingerprint density at radius 1 is 0.431 bits per heavy atom. The summed E-state index contributed by atoms with van der Waals surface area (Å²) in [7, 11) is 5.51. The van der Waals surface area contributed by atoms with E-state index in [0.717, 1.165) is 0 Å². The molecule has 0 saturated carbocycles. The van der Waals surface area contributed by atoms with E-state index in [4.69, 9.17) is 28.4 Å². The van der Waals surface area contributed by atoms with Gasteiger partial charge in [-0.15, -0.1) is 0 Å². The van der Waals surface area contributed by atoms with E-state index in [9.17, 15) is 40.9 Å². The highest BCUT2D eigenvalue weighted by atomic mass is 16.5. The van der Waals surface area contributed by atoms with Gasteiger partial charge in [-0.05, 0) is 70.8 Å². The Morgan fingerprint density at radius 2 is 0.784 bits per heavy atom. The number of benzene rings is 4. The number of methoxy groups -OCH3 is 4. The molecule has 0 spiro atoms. The molecule has 0 heterocycles. The molecule has 0 aliphatic heterocycles. The second kappa shape index (κ2) is 17.8. The zero-order valence-electron chi connectivity index (χ0n) is 28.5.